The van der Waals surface area contributed by atoms with Crippen molar-refractivity contribution >= 4 is 5.91 Å². The lowest BCUT2D eigenvalue weighted by atomic mass is 10.0. The number of piperidine rings is 2. The molecule has 4 rings (SSSR count). The van der Waals surface area contributed by atoms with Gasteiger partial charge >= 0.3 is 0 Å². The second-order valence-electron chi connectivity index (χ2n) is 8.13. The zero-order chi connectivity index (χ0) is 20.1. The molecule has 6 nitrogen and oxygen atoms in total. The van der Waals surface area contributed by atoms with E-state index in [1.807, 2.05) is 23.1 Å². The van der Waals surface area contributed by atoms with E-state index in [2.05, 4.69) is 16.0 Å². The highest BCUT2D eigenvalue weighted by Crippen LogP contribution is 2.31. The van der Waals surface area contributed by atoms with E-state index in [9.17, 15) is 4.79 Å². The number of ether oxygens (including phenoxy) is 1. The number of rotatable bonds is 6. The van der Waals surface area contributed by atoms with Crippen molar-refractivity contribution in [2.75, 3.05) is 33.3 Å². The van der Waals surface area contributed by atoms with Crippen LogP contribution in [0.5, 0.6) is 5.75 Å². The summed E-state index contributed by atoms with van der Waals surface area (Å²) < 4.78 is 11.4. The zero-order valence-electron chi connectivity index (χ0n) is 17.3. The van der Waals surface area contributed by atoms with Gasteiger partial charge in [-0.2, -0.15) is 0 Å². The second-order valence-corrected chi connectivity index (χ2v) is 8.13. The van der Waals surface area contributed by atoms with Crippen LogP contribution in [0.4, 0.5) is 0 Å². The van der Waals surface area contributed by atoms with E-state index in [4.69, 9.17) is 9.15 Å². The number of hydrogen-bond donors (Lipinski definition) is 0. The monoisotopic (exact) mass is 397 g/mol. The Bertz CT molecular complexity index is 813. The van der Waals surface area contributed by atoms with Crippen molar-refractivity contribution in [1.29, 1.82) is 0 Å². The van der Waals surface area contributed by atoms with Crippen LogP contribution < -0.4 is 4.74 Å². The molecule has 2 saturated heterocycles. The first-order valence-corrected chi connectivity index (χ1v) is 10.8. The second kappa shape index (κ2) is 9.44. The van der Waals surface area contributed by atoms with Gasteiger partial charge < -0.3 is 14.1 Å². The van der Waals surface area contributed by atoms with Crippen LogP contribution in [0.25, 0.3) is 0 Å². The average molecular weight is 398 g/mol. The van der Waals surface area contributed by atoms with Gasteiger partial charge in [-0.3, -0.25) is 9.69 Å². The van der Waals surface area contributed by atoms with Crippen LogP contribution in [0.2, 0.25) is 0 Å². The van der Waals surface area contributed by atoms with Crippen LogP contribution in [0.3, 0.4) is 0 Å². The lowest BCUT2D eigenvalue weighted by Gasteiger charge is -2.36. The van der Waals surface area contributed by atoms with Gasteiger partial charge in [0.2, 0.25) is 11.8 Å². The third kappa shape index (κ3) is 4.99. The van der Waals surface area contributed by atoms with Crippen LogP contribution in [0.15, 0.2) is 34.9 Å². The van der Waals surface area contributed by atoms with Crippen molar-refractivity contribution in [2.45, 2.75) is 51.0 Å². The van der Waals surface area contributed by atoms with E-state index in [0.29, 0.717) is 18.9 Å². The highest BCUT2D eigenvalue weighted by Gasteiger charge is 2.32. The van der Waals surface area contributed by atoms with Crippen molar-refractivity contribution in [1.82, 2.24) is 14.8 Å². The topological polar surface area (TPSA) is 58.8 Å². The van der Waals surface area contributed by atoms with Crippen LogP contribution >= 0.6 is 0 Å². The summed E-state index contributed by atoms with van der Waals surface area (Å²) in [5, 5.41) is 0. The molecule has 29 heavy (non-hydrogen) atoms. The van der Waals surface area contributed by atoms with Gasteiger partial charge in [0.05, 0.1) is 19.9 Å². The lowest BCUT2D eigenvalue weighted by molar-refractivity contribution is -0.137. The predicted octanol–water partition coefficient (Wildman–Crippen LogP) is 3.81. The molecular formula is C23H31N3O3. The Labute approximate surface area is 172 Å². The molecule has 1 aromatic heterocycles. The van der Waals surface area contributed by atoms with Crippen molar-refractivity contribution in [3.63, 3.8) is 0 Å². The summed E-state index contributed by atoms with van der Waals surface area (Å²) in [6.07, 6.45) is 9.23. The SMILES string of the molecule is COc1cccc(Cc2cnc([C@@H]3CCCCN3C(=O)CN3CCCCC3)o2)c1. The maximum absolute atomic E-state index is 13.0. The Morgan fingerprint density at radius 2 is 2.00 bits per heavy atom. The standard InChI is InChI=1S/C23H31N3O3/c1-28-19-9-7-8-18(14-19)15-20-16-24-23(29-20)21-10-3-6-13-26(21)22(27)17-25-11-4-2-5-12-25/h7-9,14,16,21H,2-6,10-13,15,17H2,1H3/t21-/m0/s1. The maximum Gasteiger partial charge on any atom is 0.237 e. The number of methoxy groups -OCH3 is 1. The largest absolute Gasteiger partial charge is 0.497 e. The molecule has 0 N–H and O–H groups in total. The molecule has 2 aromatic rings. The third-order valence-electron chi connectivity index (χ3n) is 6.00. The summed E-state index contributed by atoms with van der Waals surface area (Å²) in [7, 11) is 1.67. The molecule has 3 heterocycles. The normalized spacial score (nSPS) is 20.6. The first-order chi connectivity index (χ1) is 14.2. The van der Waals surface area contributed by atoms with E-state index >= 15 is 0 Å². The molecule has 2 aliphatic heterocycles. The predicted molar refractivity (Wildman–Crippen MR) is 111 cm³/mol. The molecule has 0 unspecified atom stereocenters. The van der Waals surface area contributed by atoms with E-state index in [-0.39, 0.29) is 11.9 Å². The Morgan fingerprint density at radius 3 is 2.83 bits per heavy atom. The van der Waals surface area contributed by atoms with Gasteiger partial charge in [-0.15, -0.1) is 0 Å². The lowest BCUT2D eigenvalue weighted by Crippen LogP contribution is -2.45. The zero-order valence-corrected chi connectivity index (χ0v) is 17.3. The van der Waals surface area contributed by atoms with E-state index in [0.717, 1.165) is 56.0 Å². The number of benzene rings is 1. The molecule has 0 spiro atoms. The van der Waals surface area contributed by atoms with Gasteiger partial charge in [0.25, 0.3) is 0 Å². The number of aromatic nitrogens is 1. The molecule has 0 aliphatic carbocycles. The molecule has 2 aliphatic rings. The molecule has 2 fully saturated rings. The van der Waals surface area contributed by atoms with Gasteiger partial charge in [-0.25, -0.2) is 4.98 Å². The summed E-state index contributed by atoms with van der Waals surface area (Å²) in [5.41, 5.74) is 1.12. The van der Waals surface area contributed by atoms with Crippen molar-refractivity contribution < 1.29 is 13.9 Å². The van der Waals surface area contributed by atoms with Crippen LogP contribution in [-0.4, -0.2) is 54.0 Å². The number of hydrogen-bond acceptors (Lipinski definition) is 5. The molecule has 0 bridgehead atoms. The van der Waals surface area contributed by atoms with Crippen LogP contribution in [0, 0.1) is 0 Å². The minimum atomic E-state index is -0.0416. The molecule has 0 radical (unpaired) electrons. The number of oxazole rings is 1. The number of carbonyl (C=O) groups is 1. The Balaban J connectivity index is 1.43. The van der Waals surface area contributed by atoms with Crippen molar-refractivity contribution in [3.8, 4) is 5.75 Å². The van der Waals surface area contributed by atoms with Gasteiger partial charge in [0.15, 0.2) is 0 Å². The smallest absolute Gasteiger partial charge is 0.237 e. The molecule has 1 amide bonds. The molecule has 0 saturated carbocycles. The number of likely N-dealkylation sites (tertiary alicyclic amines) is 2. The molecule has 6 heteroatoms. The number of carbonyl (C=O) groups excluding carboxylic acids is 1. The fourth-order valence-corrected chi connectivity index (χ4v) is 4.43. The quantitative estimate of drug-likeness (QED) is 0.742. The number of nitrogens with zero attached hydrogens (tertiary/aromatic N) is 3. The molecule has 156 valence electrons. The summed E-state index contributed by atoms with van der Waals surface area (Å²) in [6.45, 7) is 3.39. The molecular weight excluding hydrogens is 366 g/mol. The van der Waals surface area contributed by atoms with E-state index in [1.54, 1.807) is 13.3 Å². The number of amides is 1. The van der Waals surface area contributed by atoms with Crippen LogP contribution in [0.1, 0.15) is 61.8 Å². The van der Waals surface area contributed by atoms with Gasteiger partial charge in [-0.05, 0) is 62.9 Å². The summed E-state index contributed by atoms with van der Waals surface area (Å²) in [4.78, 5) is 21.9. The first kappa shape index (κ1) is 20.0. The molecule has 1 atom stereocenters. The molecule has 1 aromatic carbocycles. The Hall–Kier alpha value is -2.34. The first-order valence-electron chi connectivity index (χ1n) is 10.8. The van der Waals surface area contributed by atoms with Crippen LogP contribution in [-0.2, 0) is 11.2 Å². The minimum absolute atomic E-state index is 0.0416. The highest BCUT2D eigenvalue weighted by molar-refractivity contribution is 5.78. The Morgan fingerprint density at radius 1 is 1.17 bits per heavy atom. The van der Waals surface area contributed by atoms with Gasteiger partial charge in [-0.1, -0.05) is 18.6 Å². The summed E-state index contributed by atoms with van der Waals surface area (Å²) >= 11 is 0. The van der Waals surface area contributed by atoms with Crippen molar-refractivity contribution in [3.05, 3.63) is 47.7 Å². The fraction of sp³-hybridized carbons (Fsp3) is 0.565. The average Bonchev–Trinajstić information content (AvgIpc) is 3.23. The maximum atomic E-state index is 13.0. The van der Waals surface area contributed by atoms with E-state index in [1.165, 1.54) is 19.3 Å². The summed E-state index contributed by atoms with van der Waals surface area (Å²) in [5.74, 6) is 2.55. The third-order valence-corrected chi connectivity index (χ3v) is 6.00. The van der Waals surface area contributed by atoms with Gasteiger partial charge in [0.1, 0.15) is 17.6 Å². The van der Waals surface area contributed by atoms with Crippen molar-refractivity contribution in [2.24, 2.45) is 0 Å². The highest BCUT2D eigenvalue weighted by atomic mass is 16.5. The Kier molecular flexibility index (Phi) is 6.49. The van der Waals surface area contributed by atoms with E-state index < -0.39 is 0 Å². The fourth-order valence-electron chi connectivity index (χ4n) is 4.43. The van der Waals surface area contributed by atoms with Gasteiger partial charge in [0, 0.05) is 13.0 Å². The summed E-state index contributed by atoms with van der Waals surface area (Å²) in [6, 6.07) is 7.94. The minimum Gasteiger partial charge on any atom is -0.497 e.